The smallest absolute Gasteiger partial charge is 0.0654 e. The molecule has 0 fully saturated rings. The third-order valence-electron chi connectivity index (χ3n) is 3.84. The Hall–Kier alpha value is 1.16. The van der Waals surface area contributed by atoms with E-state index in [0.29, 0.717) is 0 Å². The zero-order valence-corrected chi connectivity index (χ0v) is 20.7. The minimum atomic E-state index is -1.18. The van der Waals surface area contributed by atoms with Crippen molar-refractivity contribution in [1.82, 2.24) is 0 Å². The molecule has 0 spiro atoms. The largest absolute Gasteiger partial charge is 0.0858 e. The molecule has 0 unspecified atom stereocenters. The molecule has 0 aliphatic heterocycles. The molecule has 0 atom stereocenters. The third kappa shape index (κ3) is 11.7. The normalized spacial score (nSPS) is 14.2. The van der Waals surface area contributed by atoms with E-state index in [1.54, 1.807) is 12.4 Å². The van der Waals surface area contributed by atoms with Crippen molar-refractivity contribution in [3.8, 4) is 0 Å². The second-order valence-corrected chi connectivity index (χ2v) is 15.8. The molecule has 0 heterocycles. The molecular formula is C19H36I2Si. The average Bonchev–Trinajstić information content (AvgIpc) is 2.45. The van der Waals surface area contributed by atoms with Crippen LogP contribution in [0.2, 0.25) is 19.6 Å². The van der Waals surface area contributed by atoms with Crippen molar-refractivity contribution in [2.45, 2.75) is 97.7 Å². The van der Waals surface area contributed by atoms with Gasteiger partial charge in [-0.25, -0.2) is 0 Å². The van der Waals surface area contributed by atoms with E-state index >= 15 is 0 Å². The van der Waals surface area contributed by atoms with Crippen molar-refractivity contribution < 1.29 is 0 Å². The molecule has 130 valence electrons. The van der Waals surface area contributed by atoms with Crippen molar-refractivity contribution >= 4 is 53.3 Å². The van der Waals surface area contributed by atoms with Gasteiger partial charge in [0.2, 0.25) is 0 Å². The van der Waals surface area contributed by atoms with E-state index in [0.717, 1.165) is 0 Å². The van der Waals surface area contributed by atoms with E-state index in [4.69, 9.17) is 0 Å². The van der Waals surface area contributed by atoms with Gasteiger partial charge in [-0.3, -0.25) is 0 Å². The number of allylic oxidation sites excluding steroid dienone is 3. The van der Waals surface area contributed by atoms with Crippen molar-refractivity contribution in [2.24, 2.45) is 0 Å². The van der Waals surface area contributed by atoms with E-state index in [-0.39, 0.29) is 0 Å². The number of hydrogen-bond acceptors (Lipinski definition) is 0. The molecule has 0 aromatic carbocycles. The molecule has 0 bridgehead atoms. The monoisotopic (exact) mass is 546 g/mol. The van der Waals surface area contributed by atoms with Gasteiger partial charge in [0, 0.05) is 0 Å². The Kier molecular flexibility index (Phi) is 14.2. The van der Waals surface area contributed by atoms with Crippen molar-refractivity contribution in [3.05, 3.63) is 18.4 Å². The van der Waals surface area contributed by atoms with E-state index in [1.165, 1.54) is 64.2 Å². The standard InChI is InChI=1S/C19H36I2Si/c1-6-8-10-12-14-17(19(21)22(3,4)5)16-18(20)15-13-11-9-7-2/h16H,6-15H2,1-5H3/b18-16-,19-17-. The van der Waals surface area contributed by atoms with Crippen LogP contribution in [0.25, 0.3) is 0 Å². The maximum Gasteiger partial charge on any atom is 0.0858 e. The van der Waals surface area contributed by atoms with Gasteiger partial charge in [-0.15, -0.1) is 0 Å². The summed E-state index contributed by atoms with van der Waals surface area (Å²) in [6.07, 6.45) is 16.0. The van der Waals surface area contributed by atoms with Crippen LogP contribution in [0, 0.1) is 0 Å². The molecule has 0 nitrogen and oxygen atoms in total. The molecule has 3 heteroatoms. The lowest BCUT2D eigenvalue weighted by Crippen LogP contribution is -2.21. The summed E-state index contributed by atoms with van der Waals surface area (Å²) in [5.74, 6) is 0. The van der Waals surface area contributed by atoms with E-state index in [9.17, 15) is 0 Å². The highest BCUT2D eigenvalue weighted by Crippen LogP contribution is 2.31. The Morgan fingerprint density at radius 2 is 1.27 bits per heavy atom. The zero-order chi connectivity index (χ0) is 17.0. The minimum Gasteiger partial charge on any atom is -0.0654 e. The fourth-order valence-electron chi connectivity index (χ4n) is 2.45. The van der Waals surface area contributed by atoms with E-state index < -0.39 is 8.07 Å². The summed E-state index contributed by atoms with van der Waals surface area (Å²) in [5.41, 5.74) is 1.65. The van der Waals surface area contributed by atoms with Crippen LogP contribution < -0.4 is 0 Å². The second kappa shape index (κ2) is 13.4. The topological polar surface area (TPSA) is 0 Å². The number of unbranched alkanes of at least 4 members (excludes halogenated alkanes) is 6. The van der Waals surface area contributed by atoms with Crippen molar-refractivity contribution in [2.75, 3.05) is 0 Å². The van der Waals surface area contributed by atoms with Gasteiger partial charge in [0.25, 0.3) is 0 Å². The highest BCUT2D eigenvalue weighted by molar-refractivity contribution is 14.1. The molecule has 0 saturated heterocycles. The first-order valence-electron chi connectivity index (χ1n) is 9.08. The summed E-state index contributed by atoms with van der Waals surface area (Å²) in [4.78, 5) is 0. The van der Waals surface area contributed by atoms with Crippen LogP contribution in [0.1, 0.15) is 78.1 Å². The summed E-state index contributed by atoms with van der Waals surface area (Å²) < 4.78 is 3.25. The molecule has 0 aliphatic carbocycles. The van der Waals surface area contributed by atoms with Crippen LogP contribution in [0.4, 0.5) is 0 Å². The number of rotatable bonds is 12. The maximum atomic E-state index is 2.65. The molecule has 0 aliphatic rings. The molecule has 0 aromatic heterocycles. The first-order chi connectivity index (χ1) is 10.3. The molecule has 0 rings (SSSR count). The van der Waals surface area contributed by atoms with Crippen LogP contribution in [-0.2, 0) is 0 Å². The lowest BCUT2D eigenvalue weighted by atomic mass is 10.1. The summed E-state index contributed by atoms with van der Waals surface area (Å²) in [5, 5.41) is 0. The van der Waals surface area contributed by atoms with Gasteiger partial charge < -0.3 is 0 Å². The Labute approximate surface area is 168 Å². The van der Waals surface area contributed by atoms with Crippen LogP contribution in [0.3, 0.4) is 0 Å². The molecule has 0 radical (unpaired) electrons. The Bertz CT molecular complexity index is 351. The number of hydrogen-bond donors (Lipinski definition) is 0. The number of halogens is 2. The first-order valence-corrected chi connectivity index (χ1v) is 14.7. The summed E-state index contributed by atoms with van der Waals surface area (Å²) in [6, 6.07) is 0. The minimum absolute atomic E-state index is 1.18. The van der Waals surface area contributed by atoms with Gasteiger partial charge in [0.15, 0.2) is 0 Å². The van der Waals surface area contributed by atoms with Gasteiger partial charge in [0.05, 0.1) is 8.07 Å². The van der Waals surface area contributed by atoms with Crippen LogP contribution >= 0.6 is 45.2 Å². The van der Waals surface area contributed by atoms with Gasteiger partial charge >= 0.3 is 0 Å². The van der Waals surface area contributed by atoms with Gasteiger partial charge in [-0.2, -0.15) is 0 Å². The van der Waals surface area contributed by atoms with E-state index in [1.807, 2.05) is 0 Å². The average molecular weight is 546 g/mol. The Morgan fingerprint density at radius 1 is 0.773 bits per heavy atom. The predicted molar refractivity (Wildman–Crippen MR) is 124 cm³/mol. The third-order valence-corrected chi connectivity index (χ3v) is 11.9. The Morgan fingerprint density at radius 3 is 1.73 bits per heavy atom. The summed E-state index contributed by atoms with van der Waals surface area (Å²) in [6.45, 7) is 12.0. The van der Waals surface area contributed by atoms with Crippen LogP contribution in [0.5, 0.6) is 0 Å². The molecule has 0 N–H and O–H groups in total. The maximum absolute atomic E-state index is 2.65. The first kappa shape index (κ1) is 23.2. The summed E-state index contributed by atoms with van der Waals surface area (Å²) in [7, 11) is -1.18. The Balaban J connectivity index is 4.77. The zero-order valence-electron chi connectivity index (χ0n) is 15.4. The van der Waals surface area contributed by atoms with Gasteiger partial charge in [0.1, 0.15) is 0 Å². The summed E-state index contributed by atoms with van der Waals surface area (Å²) >= 11 is 5.23. The highest BCUT2D eigenvalue weighted by atomic mass is 127. The van der Waals surface area contributed by atoms with Crippen LogP contribution in [0.15, 0.2) is 18.4 Å². The molecule has 22 heavy (non-hydrogen) atoms. The predicted octanol–water partition coefficient (Wildman–Crippen LogP) is 8.81. The second-order valence-electron chi connectivity index (χ2n) is 7.30. The van der Waals surface area contributed by atoms with Gasteiger partial charge in [-0.05, 0) is 66.7 Å². The highest BCUT2D eigenvalue weighted by Gasteiger charge is 2.20. The van der Waals surface area contributed by atoms with Crippen molar-refractivity contribution in [3.63, 3.8) is 0 Å². The van der Waals surface area contributed by atoms with E-state index in [2.05, 4.69) is 84.7 Å². The lowest BCUT2D eigenvalue weighted by Gasteiger charge is -2.19. The lowest BCUT2D eigenvalue weighted by molar-refractivity contribution is 0.666. The van der Waals surface area contributed by atoms with Crippen LogP contribution in [-0.4, -0.2) is 8.07 Å². The van der Waals surface area contributed by atoms with Crippen molar-refractivity contribution in [1.29, 1.82) is 0 Å². The van der Waals surface area contributed by atoms with Gasteiger partial charge in [-0.1, -0.05) is 94.6 Å². The quantitative estimate of drug-likeness (QED) is 0.0994. The fourth-order valence-corrected chi connectivity index (χ4v) is 4.79. The SMILES string of the molecule is CCCCCC/C(I)=C/C(CCCCCC)=C(/I)[Si](C)(C)C. The molecule has 0 aromatic rings. The molecule has 0 saturated carbocycles. The fraction of sp³-hybridized carbons (Fsp3) is 0.789. The molecular weight excluding hydrogens is 510 g/mol. The molecule has 0 amide bonds.